The van der Waals surface area contributed by atoms with Gasteiger partial charge in [0.15, 0.2) is 11.5 Å². The average molecular weight is 577 g/mol. The number of ketones is 1. The maximum atomic E-state index is 15.7. The van der Waals surface area contributed by atoms with Gasteiger partial charge in [0, 0.05) is 23.8 Å². The van der Waals surface area contributed by atoms with Crippen LogP contribution in [0.4, 0.5) is 8.78 Å². The first-order valence-electron chi connectivity index (χ1n) is 12.8. The lowest BCUT2D eigenvalue weighted by Crippen LogP contribution is -2.43. The zero-order valence-electron chi connectivity index (χ0n) is 21.5. The Balaban J connectivity index is 1.24. The molecular formula is C29H23ClF2N6O3. The highest BCUT2D eigenvalue weighted by Gasteiger charge is 2.40. The van der Waals surface area contributed by atoms with Gasteiger partial charge in [0.1, 0.15) is 24.1 Å². The highest BCUT2D eigenvalue weighted by molar-refractivity contribution is 6.35. The van der Waals surface area contributed by atoms with E-state index in [-0.39, 0.29) is 42.8 Å². The molecule has 3 heterocycles. The molecule has 0 bridgehead atoms. The standard InChI is InChI=1S/C29H23ClF2N6O3/c30-20-8-16(9-21-28(20)35-14-34-21)18-6-3-4-15(26(18)32)10-24(39)23-11-17(31)12-37(23)25(40)13-38-22-7-2-1-5-19(22)27(36-38)29(33)41/h1-9,14,17,23H,10-13H2,(H2,33,41)(H,34,35)/t17-,23+/m1/s1. The number of Topliss-reactive ketones (excluding diaryl/α,β-unsaturated/α-hetero) is 1. The molecule has 2 aromatic heterocycles. The van der Waals surface area contributed by atoms with Crippen LogP contribution in [0.5, 0.6) is 0 Å². The Bertz CT molecular complexity index is 1850. The molecule has 208 valence electrons. The monoisotopic (exact) mass is 576 g/mol. The largest absolute Gasteiger partial charge is 0.364 e. The molecule has 2 amide bonds. The van der Waals surface area contributed by atoms with Crippen molar-refractivity contribution in [2.75, 3.05) is 6.54 Å². The SMILES string of the molecule is NC(=O)c1nn(CC(=O)N2C[C@H](F)C[C@H]2C(=O)Cc2cccc(-c3cc(Cl)c4nc[nH]c4c3)c2F)c2ccccc12. The number of nitrogens with two attached hydrogens (primary N) is 1. The number of fused-ring (bicyclic) bond motifs is 2. The second-order valence-corrected chi connectivity index (χ2v) is 10.4. The Labute approximate surface area is 236 Å². The van der Waals surface area contributed by atoms with Crippen LogP contribution in [0.25, 0.3) is 33.1 Å². The Morgan fingerprint density at radius 3 is 2.73 bits per heavy atom. The maximum Gasteiger partial charge on any atom is 0.269 e. The van der Waals surface area contributed by atoms with Gasteiger partial charge in [-0.1, -0.05) is 48.0 Å². The number of benzene rings is 3. The number of imidazole rings is 1. The molecular weight excluding hydrogens is 554 g/mol. The highest BCUT2D eigenvalue weighted by Crippen LogP contribution is 2.32. The number of likely N-dealkylation sites (tertiary alicyclic amines) is 1. The van der Waals surface area contributed by atoms with Crippen LogP contribution in [0.3, 0.4) is 0 Å². The number of nitrogens with one attached hydrogen (secondary N) is 1. The lowest BCUT2D eigenvalue weighted by atomic mass is 9.96. The molecule has 0 spiro atoms. The van der Waals surface area contributed by atoms with Crippen LogP contribution in [0.1, 0.15) is 22.5 Å². The van der Waals surface area contributed by atoms with Crippen LogP contribution >= 0.6 is 11.6 Å². The number of aromatic nitrogens is 4. The number of primary amides is 1. The zero-order valence-corrected chi connectivity index (χ0v) is 22.2. The Hall–Kier alpha value is -4.64. The molecule has 1 fully saturated rings. The topological polar surface area (TPSA) is 127 Å². The van der Waals surface area contributed by atoms with Gasteiger partial charge >= 0.3 is 0 Å². The lowest BCUT2D eigenvalue weighted by Gasteiger charge is -2.23. The van der Waals surface area contributed by atoms with Crippen LogP contribution < -0.4 is 5.73 Å². The molecule has 0 aliphatic carbocycles. The molecule has 41 heavy (non-hydrogen) atoms. The Kier molecular flexibility index (Phi) is 6.74. The minimum Gasteiger partial charge on any atom is -0.364 e. The predicted molar refractivity (Wildman–Crippen MR) is 148 cm³/mol. The quantitative estimate of drug-likeness (QED) is 0.300. The second kappa shape index (κ2) is 10.4. The van der Waals surface area contributed by atoms with Crippen LogP contribution in [-0.4, -0.2) is 61.0 Å². The summed E-state index contributed by atoms with van der Waals surface area (Å²) in [6, 6.07) is 13.7. The molecule has 9 nitrogen and oxygen atoms in total. The van der Waals surface area contributed by atoms with Gasteiger partial charge in [-0.15, -0.1) is 0 Å². The number of para-hydroxylation sites is 1. The summed E-state index contributed by atoms with van der Waals surface area (Å²) in [5.74, 6) is -2.39. The minimum atomic E-state index is -1.41. The van der Waals surface area contributed by atoms with E-state index in [0.717, 1.165) is 0 Å². The number of rotatable bonds is 7. The van der Waals surface area contributed by atoms with Crippen molar-refractivity contribution in [1.82, 2.24) is 24.6 Å². The molecule has 0 unspecified atom stereocenters. The minimum absolute atomic E-state index is 0.00846. The van der Waals surface area contributed by atoms with E-state index in [4.69, 9.17) is 17.3 Å². The van der Waals surface area contributed by atoms with E-state index >= 15 is 4.39 Å². The fourth-order valence-electron chi connectivity index (χ4n) is 5.42. The smallest absolute Gasteiger partial charge is 0.269 e. The van der Waals surface area contributed by atoms with Crippen LogP contribution in [0.15, 0.2) is 60.9 Å². The van der Waals surface area contributed by atoms with E-state index in [9.17, 15) is 18.8 Å². The molecule has 3 N–H and O–H groups in total. The van der Waals surface area contributed by atoms with Gasteiger partial charge in [0.2, 0.25) is 5.91 Å². The highest BCUT2D eigenvalue weighted by atomic mass is 35.5. The molecule has 1 saturated heterocycles. The maximum absolute atomic E-state index is 15.7. The number of carbonyl (C=O) groups is 3. The van der Waals surface area contributed by atoms with Gasteiger partial charge in [-0.05, 0) is 29.3 Å². The van der Waals surface area contributed by atoms with Crippen molar-refractivity contribution < 1.29 is 23.2 Å². The summed E-state index contributed by atoms with van der Waals surface area (Å²) in [7, 11) is 0. The summed E-state index contributed by atoms with van der Waals surface area (Å²) in [6.45, 7) is -0.604. The molecule has 0 saturated carbocycles. The molecule has 1 aliphatic rings. The van der Waals surface area contributed by atoms with Gasteiger partial charge in [-0.3, -0.25) is 19.1 Å². The fourth-order valence-corrected chi connectivity index (χ4v) is 5.69. The number of H-pyrrole nitrogens is 1. The molecule has 1 aliphatic heterocycles. The molecule has 3 aromatic carbocycles. The number of carbonyl (C=O) groups excluding carboxylic acids is 3. The van der Waals surface area contributed by atoms with E-state index in [1.54, 1.807) is 48.5 Å². The van der Waals surface area contributed by atoms with Crippen molar-refractivity contribution in [1.29, 1.82) is 0 Å². The number of hydrogen-bond donors (Lipinski definition) is 2. The van der Waals surface area contributed by atoms with E-state index < -0.39 is 35.6 Å². The number of amides is 2. The molecule has 2 atom stereocenters. The number of nitrogens with zero attached hydrogens (tertiary/aromatic N) is 4. The van der Waals surface area contributed by atoms with Gasteiger partial charge < -0.3 is 15.6 Å². The van der Waals surface area contributed by atoms with E-state index in [1.807, 2.05) is 0 Å². The Morgan fingerprint density at radius 1 is 1.12 bits per heavy atom. The molecule has 12 heteroatoms. The number of aromatic amines is 1. The van der Waals surface area contributed by atoms with E-state index in [2.05, 4.69) is 15.1 Å². The van der Waals surface area contributed by atoms with Crippen molar-refractivity contribution in [2.24, 2.45) is 5.73 Å². The van der Waals surface area contributed by atoms with Crippen molar-refractivity contribution >= 4 is 51.1 Å². The van der Waals surface area contributed by atoms with Gasteiger partial charge in [0.25, 0.3) is 5.91 Å². The summed E-state index contributed by atoms with van der Waals surface area (Å²) in [4.78, 5) is 46.8. The zero-order chi connectivity index (χ0) is 28.8. The third-order valence-electron chi connectivity index (χ3n) is 7.35. The summed E-state index contributed by atoms with van der Waals surface area (Å²) in [5, 5.41) is 5.01. The molecule has 5 aromatic rings. The third kappa shape index (κ3) is 4.82. The van der Waals surface area contributed by atoms with Crippen molar-refractivity contribution in [2.45, 2.75) is 31.6 Å². The van der Waals surface area contributed by atoms with Crippen molar-refractivity contribution in [3.63, 3.8) is 0 Å². The second-order valence-electron chi connectivity index (χ2n) is 9.96. The number of hydrogen-bond acceptors (Lipinski definition) is 5. The van der Waals surface area contributed by atoms with Gasteiger partial charge in [-0.25, -0.2) is 13.8 Å². The van der Waals surface area contributed by atoms with Gasteiger partial charge in [-0.2, -0.15) is 5.10 Å². The van der Waals surface area contributed by atoms with E-state index in [0.29, 0.717) is 32.5 Å². The molecule has 0 radical (unpaired) electrons. The first-order valence-corrected chi connectivity index (χ1v) is 13.2. The van der Waals surface area contributed by atoms with Crippen LogP contribution in [-0.2, 0) is 22.6 Å². The van der Waals surface area contributed by atoms with E-state index in [1.165, 1.54) is 22.0 Å². The summed E-state index contributed by atoms with van der Waals surface area (Å²) >= 11 is 6.32. The lowest BCUT2D eigenvalue weighted by molar-refractivity contribution is -0.138. The van der Waals surface area contributed by atoms with Crippen LogP contribution in [0.2, 0.25) is 5.02 Å². The van der Waals surface area contributed by atoms with Crippen LogP contribution in [0, 0.1) is 5.82 Å². The van der Waals surface area contributed by atoms with Crippen molar-refractivity contribution in [3.8, 4) is 11.1 Å². The normalized spacial score (nSPS) is 17.0. The summed E-state index contributed by atoms with van der Waals surface area (Å²) < 4.78 is 31.6. The predicted octanol–water partition coefficient (Wildman–Crippen LogP) is 4.22. The number of halogens is 3. The number of alkyl halides is 1. The fraction of sp³-hybridized carbons (Fsp3) is 0.207. The summed E-state index contributed by atoms with van der Waals surface area (Å²) in [6.07, 6.45) is -0.450. The van der Waals surface area contributed by atoms with Gasteiger partial charge in [0.05, 0.1) is 35.0 Å². The average Bonchev–Trinajstić information content (AvgIpc) is 3.67. The summed E-state index contributed by atoms with van der Waals surface area (Å²) in [5.41, 5.74) is 8.00. The third-order valence-corrected chi connectivity index (χ3v) is 7.64. The first-order chi connectivity index (χ1) is 19.7. The van der Waals surface area contributed by atoms with Crippen molar-refractivity contribution in [3.05, 3.63) is 83.0 Å². The molecule has 6 rings (SSSR count). The Morgan fingerprint density at radius 2 is 1.93 bits per heavy atom. The first kappa shape index (κ1) is 26.6.